The molecule has 5 rings (SSSR count). The summed E-state index contributed by atoms with van der Waals surface area (Å²) in [5.74, 6) is 0.666. The van der Waals surface area contributed by atoms with Crippen molar-refractivity contribution >= 4 is 10.9 Å². The van der Waals surface area contributed by atoms with E-state index >= 15 is 0 Å². The van der Waals surface area contributed by atoms with E-state index in [2.05, 4.69) is 25.0 Å². The molecule has 37 heavy (non-hydrogen) atoms. The first kappa shape index (κ1) is 24.9. The van der Waals surface area contributed by atoms with Crippen LogP contribution in [0.15, 0.2) is 41.5 Å². The van der Waals surface area contributed by atoms with Crippen LogP contribution in [0.3, 0.4) is 0 Å². The standard InChI is InChI=1S/C26H27F3N6O2/c1-4-34-8-7-18(14-34)37-22-11-21-19(10-20(22)26(27,28)29)25(36)32-23(31-21)9-17-5-6-24(30-12-17)35-13-15(2)16(3)33-35/h5-6,10-13,18H,4,7-9,14H2,1-3H3,(H,31,32,36). The topological polar surface area (TPSA) is 88.9 Å². The van der Waals surface area contributed by atoms with Gasteiger partial charge in [0.1, 0.15) is 17.7 Å². The number of pyridine rings is 1. The fraction of sp³-hybridized carbons (Fsp3) is 0.385. The van der Waals surface area contributed by atoms with Crippen LogP contribution in [0, 0.1) is 13.8 Å². The van der Waals surface area contributed by atoms with Gasteiger partial charge in [0.05, 0.1) is 22.2 Å². The number of alkyl halides is 3. The lowest BCUT2D eigenvalue weighted by atomic mass is 10.1. The molecule has 4 heterocycles. The van der Waals surface area contributed by atoms with Crippen molar-refractivity contribution in [3.8, 4) is 11.6 Å². The Balaban J connectivity index is 1.44. The molecule has 1 aliphatic heterocycles. The molecule has 1 unspecified atom stereocenters. The number of rotatable bonds is 6. The Kier molecular flexibility index (Phi) is 6.49. The number of halogens is 3. The zero-order valence-electron chi connectivity index (χ0n) is 20.8. The molecule has 194 valence electrons. The Morgan fingerprint density at radius 2 is 2.03 bits per heavy atom. The normalized spacial score (nSPS) is 16.5. The largest absolute Gasteiger partial charge is 0.488 e. The van der Waals surface area contributed by atoms with Crippen LogP contribution in [0.25, 0.3) is 16.7 Å². The molecule has 3 aromatic heterocycles. The van der Waals surface area contributed by atoms with E-state index in [0.717, 1.165) is 36.0 Å². The van der Waals surface area contributed by atoms with Gasteiger partial charge in [0.15, 0.2) is 5.82 Å². The number of aromatic nitrogens is 5. The van der Waals surface area contributed by atoms with Crippen molar-refractivity contribution < 1.29 is 17.9 Å². The Labute approximate surface area is 211 Å². The molecule has 8 nitrogen and oxygen atoms in total. The maximum Gasteiger partial charge on any atom is 0.419 e. The quantitative estimate of drug-likeness (QED) is 0.417. The molecule has 0 amide bonds. The third kappa shape index (κ3) is 5.22. The van der Waals surface area contributed by atoms with E-state index in [1.807, 2.05) is 39.1 Å². The molecule has 1 saturated heterocycles. The Hall–Kier alpha value is -3.73. The molecule has 1 aliphatic rings. The highest BCUT2D eigenvalue weighted by molar-refractivity contribution is 5.80. The maximum absolute atomic E-state index is 13.8. The summed E-state index contributed by atoms with van der Waals surface area (Å²) >= 11 is 0. The lowest BCUT2D eigenvalue weighted by Crippen LogP contribution is -2.25. The van der Waals surface area contributed by atoms with Crippen LogP contribution >= 0.6 is 0 Å². The van der Waals surface area contributed by atoms with Gasteiger partial charge in [-0.05, 0) is 50.1 Å². The summed E-state index contributed by atoms with van der Waals surface area (Å²) < 4.78 is 49.0. The van der Waals surface area contributed by atoms with Gasteiger partial charge >= 0.3 is 6.18 Å². The van der Waals surface area contributed by atoms with Gasteiger partial charge in [0.25, 0.3) is 5.56 Å². The number of nitrogens with one attached hydrogen (secondary N) is 1. The Bertz CT molecular complexity index is 1470. The van der Waals surface area contributed by atoms with Gasteiger partial charge in [-0.1, -0.05) is 13.0 Å². The summed E-state index contributed by atoms with van der Waals surface area (Å²) in [6.07, 6.45) is -0.589. The lowest BCUT2D eigenvalue weighted by Gasteiger charge is -2.19. The summed E-state index contributed by atoms with van der Waals surface area (Å²) in [5.41, 5.74) is 1.29. The maximum atomic E-state index is 13.8. The van der Waals surface area contributed by atoms with Gasteiger partial charge in [-0.2, -0.15) is 18.3 Å². The van der Waals surface area contributed by atoms with E-state index in [0.29, 0.717) is 24.6 Å². The number of hydrogen-bond donors (Lipinski definition) is 1. The smallest absolute Gasteiger partial charge is 0.419 e. The molecular formula is C26H27F3N6O2. The average molecular weight is 513 g/mol. The fourth-order valence-corrected chi connectivity index (χ4v) is 4.49. The molecule has 11 heteroatoms. The van der Waals surface area contributed by atoms with Crippen molar-refractivity contribution in [2.45, 2.75) is 45.9 Å². The predicted octanol–water partition coefficient (Wildman–Crippen LogP) is 4.20. The third-order valence-corrected chi connectivity index (χ3v) is 6.69. The van der Waals surface area contributed by atoms with Crippen molar-refractivity contribution in [2.24, 2.45) is 0 Å². The van der Waals surface area contributed by atoms with Crippen LogP contribution in [0.1, 0.15) is 41.6 Å². The highest BCUT2D eigenvalue weighted by Gasteiger charge is 2.36. The van der Waals surface area contributed by atoms with Crippen LogP contribution in [0.2, 0.25) is 0 Å². The highest BCUT2D eigenvalue weighted by atomic mass is 19.4. The van der Waals surface area contributed by atoms with Crippen molar-refractivity contribution in [2.75, 3.05) is 19.6 Å². The average Bonchev–Trinajstić information content (AvgIpc) is 3.44. The number of aromatic amines is 1. The van der Waals surface area contributed by atoms with Crippen molar-refractivity contribution in [3.63, 3.8) is 0 Å². The van der Waals surface area contributed by atoms with Gasteiger partial charge in [0.2, 0.25) is 0 Å². The number of benzene rings is 1. The zero-order chi connectivity index (χ0) is 26.3. The number of likely N-dealkylation sites (tertiary alicyclic amines) is 1. The number of aryl methyl sites for hydroxylation is 2. The van der Waals surface area contributed by atoms with E-state index in [4.69, 9.17) is 4.74 Å². The second-order valence-electron chi connectivity index (χ2n) is 9.34. The number of likely N-dealkylation sites (N-methyl/N-ethyl adjacent to an activating group) is 1. The zero-order valence-corrected chi connectivity index (χ0v) is 20.8. The van der Waals surface area contributed by atoms with Crippen molar-refractivity contribution in [1.82, 2.24) is 29.6 Å². The summed E-state index contributed by atoms with van der Waals surface area (Å²) in [6.45, 7) is 8.02. The van der Waals surface area contributed by atoms with Gasteiger partial charge in [0, 0.05) is 38.0 Å². The highest BCUT2D eigenvalue weighted by Crippen LogP contribution is 2.39. The minimum absolute atomic E-state index is 0.136. The van der Waals surface area contributed by atoms with Gasteiger partial charge in [-0.3, -0.25) is 9.69 Å². The molecule has 1 atom stereocenters. The summed E-state index contributed by atoms with van der Waals surface area (Å²) in [7, 11) is 0. The number of hydrogen-bond acceptors (Lipinski definition) is 6. The monoisotopic (exact) mass is 512 g/mol. The summed E-state index contributed by atoms with van der Waals surface area (Å²) in [4.78, 5) is 26.4. The van der Waals surface area contributed by atoms with Crippen LogP contribution in [0.5, 0.6) is 5.75 Å². The lowest BCUT2D eigenvalue weighted by molar-refractivity contribution is -0.139. The van der Waals surface area contributed by atoms with Gasteiger partial charge in [-0.15, -0.1) is 0 Å². The first-order valence-corrected chi connectivity index (χ1v) is 12.1. The number of H-pyrrole nitrogens is 1. The Morgan fingerprint density at radius 1 is 1.22 bits per heavy atom. The second kappa shape index (κ2) is 9.62. The molecule has 0 radical (unpaired) electrons. The van der Waals surface area contributed by atoms with E-state index in [1.54, 1.807) is 10.9 Å². The molecule has 1 fully saturated rings. The molecule has 0 bridgehead atoms. The molecular weight excluding hydrogens is 485 g/mol. The van der Waals surface area contributed by atoms with Gasteiger partial charge in [-0.25, -0.2) is 14.6 Å². The van der Waals surface area contributed by atoms with Crippen LogP contribution in [-0.4, -0.2) is 55.4 Å². The first-order chi connectivity index (χ1) is 17.6. The van der Waals surface area contributed by atoms with E-state index < -0.39 is 17.3 Å². The van der Waals surface area contributed by atoms with Crippen molar-refractivity contribution in [3.05, 3.63) is 75.2 Å². The minimum atomic E-state index is -4.67. The third-order valence-electron chi connectivity index (χ3n) is 6.69. The van der Waals surface area contributed by atoms with Gasteiger partial charge < -0.3 is 9.72 Å². The van der Waals surface area contributed by atoms with E-state index in [1.165, 1.54) is 6.07 Å². The van der Waals surface area contributed by atoms with E-state index in [9.17, 15) is 18.0 Å². The summed E-state index contributed by atoms with van der Waals surface area (Å²) in [6, 6.07) is 5.72. The van der Waals surface area contributed by atoms with Crippen molar-refractivity contribution in [1.29, 1.82) is 0 Å². The molecule has 1 N–H and O–H groups in total. The summed E-state index contributed by atoms with van der Waals surface area (Å²) in [5, 5.41) is 4.28. The van der Waals surface area contributed by atoms with Crippen LogP contribution < -0.4 is 10.3 Å². The predicted molar refractivity (Wildman–Crippen MR) is 132 cm³/mol. The first-order valence-electron chi connectivity index (χ1n) is 12.1. The molecule has 0 saturated carbocycles. The molecule has 1 aromatic carbocycles. The fourth-order valence-electron chi connectivity index (χ4n) is 4.49. The number of fused-ring (bicyclic) bond motifs is 1. The second-order valence-corrected chi connectivity index (χ2v) is 9.34. The van der Waals surface area contributed by atoms with Crippen LogP contribution in [0.4, 0.5) is 13.2 Å². The molecule has 4 aromatic rings. The number of nitrogens with zero attached hydrogens (tertiary/aromatic N) is 5. The van der Waals surface area contributed by atoms with E-state index in [-0.39, 0.29) is 29.2 Å². The minimum Gasteiger partial charge on any atom is -0.488 e. The number of ether oxygens (including phenoxy) is 1. The SMILES string of the molecule is CCN1CCC(Oc2cc3nc(Cc4ccc(-n5cc(C)c(C)n5)nc4)[nH]c(=O)c3cc2C(F)(F)F)C1. The molecule has 0 aliphatic carbocycles. The molecule has 0 spiro atoms. The Morgan fingerprint density at radius 3 is 2.65 bits per heavy atom. The van der Waals surface area contributed by atoms with Crippen LogP contribution in [-0.2, 0) is 12.6 Å².